The number of aromatic nitrogens is 3. The molecular weight excluding hydrogens is 480 g/mol. The highest BCUT2D eigenvalue weighted by atomic mass is 16.5. The highest BCUT2D eigenvalue weighted by molar-refractivity contribution is 6.10. The van der Waals surface area contributed by atoms with Gasteiger partial charge in [0.2, 0.25) is 11.9 Å². The molecule has 0 spiro atoms. The molecule has 2 aromatic carbocycles. The van der Waals surface area contributed by atoms with E-state index < -0.39 is 0 Å². The van der Waals surface area contributed by atoms with E-state index in [0.29, 0.717) is 28.6 Å². The van der Waals surface area contributed by atoms with Crippen molar-refractivity contribution in [2.24, 2.45) is 0 Å². The lowest BCUT2D eigenvalue weighted by Crippen LogP contribution is -2.33. The zero-order valence-electron chi connectivity index (χ0n) is 22.2. The molecule has 0 saturated carbocycles. The van der Waals surface area contributed by atoms with Crippen molar-refractivity contribution in [1.82, 2.24) is 19.4 Å². The maximum Gasteiger partial charge on any atom is 0.246 e. The Morgan fingerprint density at radius 3 is 2.74 bits per heavy atom. The van der Waals surface area contributed by atoms with E-state index in [1.165, 1.54) is 6.20 Å². The van der Waals surface area contributed by atoms with E-state index in [9.17, 15) is 10.1 Å². The van der Waals surface area contributed by atoms with E-state index in [4.69, 9.17) is 9.72 Å². The van der Waals surface area contributed by atoms with Crippen LogP contribution in [0.5, 0.6) is 5.75 Å². The molecule has 3 heterocycles. The van der Waals surface area contributed by atoms with Gasteiger partial charge in [-0.15, -0.1) is 0 Å². The third-order valence-corrected chi connectivity index (χ3v) is 6.84. The van der Waals surface area contributed by atoms with Crippen LogP contribution in [0.25, 0.3) is 22.2 Å². The average molecular weight is 511 g/mol. The lowest BCUT2D eigenvalue weighted by atomic mass is 10.1. The van der Waals surface area contributed by atoms with E-state index >= 15 is 0 Å². The van der Waals surface area contributed by atoms with E-state index in [0.717, 1.165) is 40.9 Å². The predicted octanol–water partition coefficient (Wildman–Crippen LogP) is 3.70. The Labute approximate surface area is 221 Å². The fraction of sp³-hybridized carbons (Fsp3) is 0.286. The molecule has 194 valence electrons. The number of nitrogens with zero attached hydrogens (tertiary/aromatic N) is 7. The number of anilines is 4. The Morgan fingerprint density at radius 1 is 1.18 bits per heavy atom. The quantitative estimate of drug-likeness (QED) is 0.383. The molecule has 10 heteroatoms. The molecule has 0 aliphatic carbocycles. The van der Waals surface area contributed by atoms with Crippen molar-refractivity contribution in [2.75, 3.05) is 63.5 Å². The number of likely N-dealkylation sites (N-methyl/N-ethyl adjacent to an activating group) is 3. The van der Waals surface area contributed by atoms with Crippen LogP contribution in [0, 0.1) is 11.3 Å². The number of para-hydroxylation sites is 1. The van der Waals surface area contributed by atoms with E-state index in [1.807, 2.05) is 54.2 Å². The second kappa shape index (κ2) is 10.0. The second-order valence-electron chi connectivity index (χ2n) is 9.60. The van der Waals surface area contributed by atoms with Crippen molar-refractivity contribution >= 4 is 39.8 Å². The number of methoxy groups -OCH3 is 1. The number of hydrogen-bond donors (Lipinski definition) is 1. The van der Waals surface area contributed by atoms with Gasteiger partial charge in [0, 0.05) is 56.1 Å². The first-order valence-corrected chi connectivity index (χ1v) is 12.3. The number of carbonyl (C=O) groups is 1. The standard InChI is InChI=1S/C28H30N8O2/c1-33(2)11-12-34(3)19-9-10-22(24(13-19)38-5)31-28-30-15-18(14-29)26(32-28)21-16-36-17-25(37)35(4)23-8-6-7-20(21)27(23)36/h6-10,13,15-16H,11-12,17H2,1-5H3,(H,30,31,32). The minimum absolute atomic E-state index is 0.000557. The summed E-state index contributed by atoms with van der Waals surface area (Å²) in [5.41, 5.74) is 5.14. The molecule has 0 saturated heterocycles. The van der Waals surface area contributed by atoms with Gasteiger partial charge in [-0.05, 0) is 32.3 Å². The number of carbonyl (C=O) groups excluding carboxylic acids is 1. The predicted molar refractivity (Wildman–Crippen MR) is 149 cm³/mol. The van der Waals surface area contributed by atoms with Crippen LogP contribution in [0.2, 0.25) is 0 Å². The molecule has 0 atom stereocenters. The average Bonchev–Trinajstić information content (AvgIpc) is 3.29. The summed E-state index contributed by atoms with van der Waals surface area (Å²) in [6.45, 7) is 2.04. The highest BCUT2D eigenvalue weighted by Crippen LogP contribution is 2.39. The molecule has 1 aliphatic heterocycles. The Morgan fingerprint density at radius 2 is 2.00 bits per heavy atom. The summed E-state index contributed by atoms with van der Waals surface area (Å²) in [6, 6.07) is 14.0. The van der Waals surface area contributed by atoms with Crippen molar-refractivity contribution in [2.45, 2.75) is 6.54 Å². The van der Waals surface area contributed by atoms with Crippen molar-refractivity contribution in [3.05, 3.63) is 54.4 Å². The molecule has 1 amide bonds. The summed E-state index contributed by atoms with van der Waals surface area (Å²) in [5.74, 6) is 0.995. The zero-order chi connectivity index (χ0) is 27.0. The van der Waals surface area contributed by atoms with Gasteiger partial charge in [0.05, 0.1) is 41.5 Å². The molecule has 0 bridgehead atoms. The molecule has 1 aliphatic rings. The van der Waals surface area contributed by atoms with Crippen LogP contribution in [0.3, 0.4) is 0 Å². The van der Waals surface area contributed by atoms with Gasteiger partial charge in [-0.1, -0.05) is 12.1 Å². The smallest absolute Gasteiger partial charge is 0.246 e. The van der Waals surface area contributed by atoms with Crippen LogP contribution in [0.4, 0.5) is 23.0 Å². The number of rotatable bonds is 8. The molecule has 1 N–H and O–H groups in total. The first-order chi connectivity index (χ1) is 18.3. The summed E-state index contributed by atoms with van der Waals surface area (Å²) in [6.07, 6.45) is 3.41. The maximum atomic E-state index is 12.5. The van der Waals surface area contributed by atoms with E-state index in [2.05, 4.69) is 40.3 Å². The van der Waals surface area contributed by atoms with Crippen molar-refractivity contribution in [1.29, 1.82) is 5.26 Å². The molecule has 2 aromatic heterocycles. The lowest BCUT2D eigenvalue weighted by molar-refractivity contribution is -0.119. The lowest BCUT2D eigenvalue weighted by Gasteiger charge is -2.24. The summed E-state index contributed by atoms with van der Waals surface area (Å²) in [4.78, 5) is 27.6. The number of benzene rings is 2. The van der Waals surface area contributed by atoms with Crippen molar-refractivity contribution < 1.29 is 9.53 Å². The third-order valence-electron chi connectivity index (χ3n) is 6.84. The molecule has 0 unspecified atom stereocenters. The summed E-state index contributed by atoms with van der Waals surface area (Å²) in [5, 5.41) is 14.0. The monoisotopic (exact) mass is 510 g/mol. The van der Waals surface area contributed by atoms with Crippen LogP contribution in [-0.2, 0) is 11.3 Å². The van der Waals surface area contributed by atoms with Gasteiger partial charge in [-0.2, -0.15) is 5.26 Å². The fourth-order valence-electron chi connectivity index (χ4n) is 4.66. The molecule has 0 fully saturated rings. The van der Waals surface area contributed by atoms with Gasteiger partial charge < -0.3 is 29.3 Å². The van der Waals surface area contributed by atoms with Gasteiger partial charge in [-0.3, -0.25) is 4.79 Å². The van der Waals surface area contributed by atoms with Gasteiger partial charge in [0.1, 0.15) is 18.4 Å². The first kappa shape index (κ1) is 25.0. The minimum atomic E-state index is 0.000557. The first-order valence-electron chi connectivity index (χ1n) is 12.3. The van der Waals surface area contributed by atoms with Gasteiger partial charge in [0.15, 0.2) is 0 Å². The zero-order valence-corrected chi connectivity index (χ0v) is 22.2. The minimum Gasteiger partial charge on any atom is -0.494 e. The van der Waals surface area contributed by atoms with Gasteiger partial charge >= 0.3 is 0 Å². The molecule has 38 heavy (non-hydrogen) atoms. The van der Waals surface area contributed by atoms with Crippen molar-refractivity contribution in [3.8, 4) is 23.1 Å². The Bertz CT molecular complexity index is 1570. The number of ether oxygens (including phenoxy) is 1. The third kappa shape index (κ3) is 4.48. The van der Waals surface area contributed by atoms with Crippen LogP contribution >= 0.6 is 0 Å². The molecular formula is C28H30N8O2. The maximum absolute atomic E-state index is 12.5. The molecule has 5 rings (SSSR count). The van der Waals surface area contributed by atoms with Crippen molar-refractivity contribution in [3.63, 3.8) is 0 Å². The van der Waals surface area contributed by atoms with Gasteiger partial charge in [-0.25, -0.2) is 9.97 Å². The second-order valence-corrected chi connectivity index (χ2v) is 9.60. The normalized spacial score (nSPS) is 12.7. The Hall–Kier alpha value is -4.62. The molecule has 4 aromatic rings. The topological polar surface area (TPSA) is 103 Å². The fourth-order valence-corrected chi connectivity index (χ4v) is 4.66. The Balaban J connectivity index is 1.51. The number of nitriles is 1. The number of hydrogen-bond acceptors (Lipinski definition) is 8. The van der Waals surface area contributed by atoms with Crippen LogP contribution < -0.4 is 19.9 Å². The number of amides is 1. The van der Waals surface area contributed by atoms with E-state index in [1.54, 1.807) is 19.1 Å². The molecule has 0 radical (unpaired) electrons. The van der Waals surface area contributed by atoms with Gasteiger partial charge in [0.25, 0.3) is 0 Å². The van der Waals surface area contributed by atoms with Crippen LogP contribution in [-0.4, -0.2) is 73.7 Å². The van der Waals surface area contributed by atoms with Crippen LogP contribution in [0.15, 0.2) is 48.8 Å². The number of nitrogens with one attached hydrogen (secondary N) is 1. The summed E-state index contributed by atoms with van der Waals surface area (Å²) in [7, 11) is 9.55. The highest BCUT2D eigenvalue weighted by Gasteiger charge is 2.26. The van der Waals surface area contributed by atoms with E-state index in [-0.39, 0.29) is 12.5 Å². The summed E-state index contributed by atoms with van der Waals surface area (Å²) < 4.78 is 7.59. The van der Waals surface area contributed by atoms with Crippen LogP contribution in [0.1, 0.15) is 5.56 Å². The molecule has 10 nitrogen and oxygen atoms in total. The SMILES string of the molecule is COc1cc(N(C)CCN(C)C)ccc1Nc1ncc(C#N)c(-c2cn3c4c(cccc24)N(C)C(=O)C3)n1. The largest absolute Gasteiger partial charge is 0.494 e. The Kier molecular flexibility index (Phi) is 6.61. The summed E-state index contributed by atoms with van der Waals surface area (Å²) >= 11 is 0.